The van der Waals surface area contributed by atoms with Crippen molar-refractivity contribution in [3.05, 3.63) is 23.8 Å². The SMILES string of the molecule is O=CCCCC=C(C=O)CC=CC(C=O)CCC=O. The van der Waals surface area contributed by atoms with Crippen molar-refractivity contribution in [3.8, 4) is 0 Å². The summed E-state index contributed by atoms with van der Waals surface area (Å²) in [6.45, 7) is 0. The molecule has 0 rings (SSSR count). The summed E-state index contributed by atoms with van der Waals surface area (Å²) in [7, 11) is 0. The van der Waals surface area contributed by atoms with Gasteiger partial charge in [-0.15, -0.1) is 0 Å². The number of unbranched alkanes of at least 4 members (excludes halogenated alkanes) is 2. The molecule has 0 aliphatic heterocycles. The Labute approximate surface area is 113 Å². The van der Waals surface area contributed by atoms with Crippen LogP contribution in [0.4, 0.5) is 0 Å². The zero-order chi connectivity index (χ0) is 14.3. The van der Waals surface area contributed by atoms with Gasteiger partial charge in [0.1, 0.15) is 25.1 Å². The minimum atomic E-state index is -0.270. The normalized spacial score (nSPS) is 13.2. The number of carbonyl (C=O) groups is 4. The molecule has 104 valence electrons. The van der Waals surface area contributed by atoms with Crippen molar-refractivity contribution in [3.63, 3.8) is 0 Å². The lowest BCUT2D eigenvalue weighted by Crippen LogP contribution is -1.98. The predicted octanol–water partition coefficient (Wildman–Crippen LogP) is 2.22. The van der Waals surface area contributed by atoms with Crippen molar-refractivity contribution < 1.29 is 19.2 Å². The number of allylic oxidation sites excluding steroid dienone is 4. The van der Waals surface area contributed by atoms with Crippen LogP contribution in [0.2, 0.25) is 0 Å². The van der Waals surface area contributed by atoms with Gasteiger partial charge in [-0.2, -0.15) is 0 Å². The Morgan fingerprint density at radius 3 is 2.26 bits per heavy atom. The highest BCUT2D eigenvalue weighted by Gasteiger charge is 2.01. The zero-order valence-corrected chi connectivity index (χ0v) is 11.0. The molecule has 0 aromatic rings. The highest BCUT2D eigenvalue weighted by molar-refractivity contribution is 5.73. The van der Waals surface area contributed by atoms with Gasteiger partial charge in [0.2, 0.25) is 0 Å². The van der Waals surface area contributed by atoms with Crippen LogP contribution in [0.1, 0.15) is 38.5 Å². The molecule has 0 bridgehead atoms. The van der Waals surface area contributed by atoms with Gasteiger partial charge < -0.3 is 14.4 Å². The van der Waals surface area contributed by atoms with Crippen LogP contribution in [0.25, 0.3) is 0 Å². The van der Waals surface area contributed by atoms with Gasteiger partial charge in [0.05, 0.1) is 0 Å². The molecular formula is C15H20O4. The Hall–Kier alpha value is -1.84. The van der Waals surface area contributed by atoms with E-state index in [4.69, 9.17) is 0 Å². The Balaban J connectivity index is 4.15. The minimum absolute atomic E-state index is 0.270. The van der Waals surface area contributed by atoms with Gasteiger partial charge in [-0.1, -0.05) is 18.2 Å². The molecular weight excluding hydrogens is 244 g/mol. The van der Waals surface area contributed by atoms with Gasteiger partial charge in [-0.25, -0.2) is 0 Å². The Morgan fingerprint density at radius 2 is 1.68 bits per heavy atom. The second-order valence-corrected chi connectivity index (χ2v) is 4.17. The van der Waals surface area contributed by atoms with Crippen molar-refractivity contribution in [1.82, 2.24) is 0 Å². The monoisotopic (exact) mass is 264 g/mol. The first-order chi connectivity index (χ1) is 9.28. The lowest BCUT2D eigenvalue weighted by molar-refractivity contribution is -0.111. The molecule has 0 saturated heterocycles. The van der Waals surface area contributed by atoms with Crippen molar-refractivity contribution in [2.24, 2.45) is 5.92 Å². The third-order valence-corrected chi connectivity index (χ3v) is 2.61. The molecule has 0 spiro atoms. The largest absolute Gasteiger partial charge is 0.303 e. The first kappa shape index (κ1) is 17.2. The van der Waals surface area contributed by atoms with E-state index < -0.39 is 0 Å². The van der Waals surface area contributed by atoms with Crippen molar-refractivity contribution in [2.75, 3.05) is 0 Å². The number of hydrogen-bond acceptors (Lipinski definition) is 4. The van der Waals surface area contributed by atoms with Gasteiger partial charge in [0.15, 0.2) is 0 Å². The quantitative estimate of drug-likeness (QED) is 0.234. The van der Waals surface area contributed by atoms with E-state index in [2.05, 4.69) is 0 Å². The topological polar surface area (TPSA) is 68.3 Å². The summed E-state index contributed by atoms with van der Waals surface area (Å²) >= 11 is 0. The van der Waals surface area contributed by atoms with E-state index in [1.807, 2.05) is 6.08 Å². The highest BCUT2D eigenvalue weighted by atomic mass is 16.1. The van der Waals surface area contributed by atoms with Crippen LogP contribution in [0.5, 0.6) is 0 Å². The third kappa shape index (κ3) is 9.83. The summed E-state index contributed by atoms with van der Waals surface area (Å²) in [6.07, 6.45) is 11.8. The molecule has 0 N–H and O–H groups in total. The molecule has 0 fully saturated rings. The lowest BCUT2D eigenvalue weighted by atomic mass is 10.0. The summed E-state index contributed by atoms with van der Waals surface area (Å²) in [4.78, 5) is 41.8. The molecule has 19 heavy (non-hydrogen) atoms. The first-order valence-corrected chi connectivity index (χ1v) is 6.41. The van der Waals surface area contributed by atoms with Crippen molar-refractivity contribution in [1.29, 1.82) is 0 Å². The average molecular weight is 264 g/mol. The Kier molecular flexibility index (Phi) is 11.4. The predicted molar refractivity (Wildman–Crippen MR) is 72.7 cm³/mol. The summed E-state index contributed by atoms with van der Waals surface area (Å²) in [6, 6.07) is 0. The Morgan fingerprint density at radius 1 is 0.947 bits per heavy atom. The summed E-state index contributed by atoms with van der Waals surface area (Å²) < 4.78 is 0. The fourth-order valence-corrected chi connectivity index (χ4v) is 1.52. The second kappa shape index (κ2) is 12.6. The molecule has 0 aromatic heterocycles. The highest BCUT2D eigenvalue weighted by Crippen LogP contribution is 2.08. The van der Waals surface area contributed by atoms with Gasteiger partial charge in [0.25, 0.3) is 0 Å². The molecule has 4 nitrogen and oxygen atoms in total. The molecule has 4 heteroatoms. The maximum atomic E-state index is 10.8. The van der Waals surface area contributed by atoms with Gasteiger partial charge in [-0.3, -0.25) is 4.79 Å². The first-order valence-electron chi connectivity index (χ1n) is 6.41. The molecule has 0 aliphatic rings. The van der Waals surface area contributed by atoms with Gasteiger partial charge in [-0.05, 0) is 31.3 Å². The van der Waals surface area contributed by atoms with Crippen LogP contribution in [-0.2, 0) is 19.2 Å². The maximum Gasteiger partial charge on any atom is 0.146 e. The van der Waals surface area contributed by atoms with Crippen molar-refractivity contribution >= 4 is 25.1 Å². The molecule has 0 amide bonds. The molecule has 0 saturated carbocycles. The zero-order valence-electron chi connectivity index (χ0n) is 11.0. The van der Waals surface area contributed by atoms with E-state index in [9.17, 15) is 19.2 Å². The number of carbonyl (C=O) groups excluding carboxylic acids is 4. The molecule has 1 unspecified atom stereocenters. The molecule has 0 radical (unpaired) electrons. The Bertz CT molecular complexity index is 342. The van der Waals surface area contributed by atoms with Crippen LogP contribution >= 0.6 is 0 Å². The van der Waals surface area contributed by atoms with E-state index >= 15 is 0 Å². The van der Waals surface area contributed by atoms with Gasteiger partial charge in [0, 0.05) is 18.8 Å². The van der Waals surface area contributed by atoms with Crippen LogP contribution < -0.4 is 0 Å². The van der Waals surface area contributed by atoms with E-state index in [0.717, 1.165) is 31.6 Å². The molecule has 0 aliphatic carbocycles. The summed E-state index contributed by atoms with van der Waals surface area (Å²) in [5.41, 5.74) is 0.641. The fraction of sp³-hybridized carbons (Fsp3) is 0.467. The molecule has 0 aromatic carbocycles. The lowest BCUT2D eigenvalue weighted by Gasteiger charge is -2.01. The molecule has 0 heterocycles. The minimum Gasteiger partial charge on any atom is -0.303 e. The van der Waals surface area contributed by atoms with Crippen LogP contribution in [0.3, 0.4) is 0 Å². The van der Waals surface area contributed by atoms with E-state index in [1.54, 1.807) is 12.2 Å². The molecule has 1 atom stereocenters. The van der Waals surface area contributed by atoms with Crippen LogP contribution in [-0.4, -0.2) is 25.1 Å². The summed E-state index contributed by atoms with van der Waals surface area (Å²) in [5.74, 6) is -0.270. The van der Waals surface area contributed by atoms with Gasteiger partial charge >= 0.3 is 0 Å². The smallest absolute Gasteiger partial charge is 0.146 e. The van der Waals surface area contributed by atoms with Crippen LogP contribution in [0, 0.1) is 5.92 Å². The fourth-order valence-electron chi connectivity index (χ4n) is 1.52. The maximum absolute atomic E-state index is 10.8. The van der Waals surface area contributed by atoms with E-state index in [-0.39, 0.29) is 5.92 Å². The number of rotatable bonds is 12. The second-order valence-electron chi connectivity index (χ2n) is 4.17. The number of hydrogen-bond donors (Lipinski definition) is 0. The van der Waals surface area contributed by atoms with E-state index in [1.165, 1.54) is 0 Å². The van der Waals surface area contributed by atoms with Crippen molar-refractivity contribution in [2.45, 2.75) is 38.5 Å². The third-order valence-electron chi connectivity index (χ3n) is 2.61. The van der Waals surface area contributed by atoms with E-state index in [0.29, 0.717) is 37.7 Å². The van der Waals surface area contributed by atoms with Crippen LogP contribution in [0.15, 0.2) is 23.8 Å². The standard InChI is InChI=1S/C15H20O4/c16-10-3-1-2-6-14(12-18)7-4-8-15(13-19)9-5-11-17/h4,6,8,10-13,15H,1-3,5,7,9H2. The average Bonchev–Trinajstić information content (AvgIpc) is 2.44. The summed E-state index contributed by atoms with van der Waals surface area (Å²) in [5, 5.41) is 0. The number of aldehydes is 4.